The average molecular weight is 426 g/mol. The van der Waals surface area contributed by atoms with Crippen molar-refractivity contribution < 1.29 is 13.2 Å². The molecule has 1 aromatic carbocycles. The molecule has 0 spiro atoms. The topological polar surface area (TPSA) is 71.8 Å². The van der Waals surface area contributed by atoms with E-state index in [0.717, 1.165) is 35.6 Å². The number of piperazine rings is 1. The van der Waals surface area contributed by atoms with Crippen LogP contribution in [0.3, 0.4) is 0 Å². The molecule has 1 aliphatic rings. The van der Waals surface area contributed by atoms with Gasteiger partial charge in [-0.1, -0.05) is 12.1 Å². The van der Waals surface area contributed by atoms with E-state index in [1.807, 2.05) is 23.2 Å². The van der Waals surface area contributed by atoms with Crippen LogP contribution < -0.4 is 4.90 Å². The molecular formula is C22H21F3N6. The Morgan fingerprint density at radius 3 is 2.52 bits per heavy atom. The number of aromatic amines is 1. The van der Waals surface area contributed by atoms with Crippen LogP contribution >= 0.6 is 0 Å². The van der Waals surface area contributed by atoms with Crippen LogP contribution in [0.25, 0.3) is 11.3 Å². The van der Waals surface area contributed by atoms with Crippen molar-refractivity contribution in [3.8, 4) is 17.3 Å². The largest absolute Gasteiger partial charge is 0.417 e. The Labute approximate surface area is 177 Å². The Hall–Kier alpha value is -3.38. The first-order chi connectivity index (χ1) is 14.8. The molecular weight excluding hydrogens is 405 g/mol. The maximum atomic E-state index is 12.8. The van der Waals surface area contributed by atoms with Crippen LogP contribution in [0.1, 0.15) is 23.6 Å². The van der Waals surface area contributed by atoms with E-state index in [1.54, 1.807) is 12.1 Å². The Morgan fingerprint density at radius 1 is 1.13 bits per heavy atom. The van der Waals surface area contributed by atoms with Gasteiger partial charge in [-0.05, 0) is 36.8 Å². The Balaban J connectivity index is 1.42. The fraction of sp³-hybridized carbons (Fsp3) is 0.318. The molecule has 0 aliphatic carbocycles. The minimum Gasteiger partial charge on any atom is -0.354 e. The van der Waals surface area contributed by atoms with Crippen LogP contribution in [0.2, 0.25) is 0 Å². The molecule has 6 nitrogen and oxygen atoms in total. The van der Waals surface area contributed by atoms with Crippen molar-refractivity contribution in [1.29, 1.82) is 5.26 Å². The summed E-state index contributed by atoms with van der Waals surface area (Å²) in [4.78, 5) is 8.35. The van der Waals surface area contributed by atoms with Gasteiger partial charge < -0.3 is 4.90 Å². The maximum Gasteiger partial charge on any atom is 0.417 e. The van der Waals surface area contributed by atoms with E-state index in [-0.39, 0.29) is 6.04 Å². The number of nitriles is 1. The van der Waals surface area contributed by atoms with Crippen molar-refractivity contribution in [2.24, 2.45) is 0 Å². The molecule has 1 saturated heterocycles. The van der Waals surface area contributed by atoms with E-state index >= 15 is 0 Å². The second-order valence-corrected chi connectivity index (χ2v) is 7.63. The fourth-order valence-electron chi connectivity index (χ4n) is 3.79. The highest BCUT2D eigenvalue weighted by atomic mass is 19.4. The Bertz CT molecular complexity index is 1070. The molecule has 31 heavy (non-hydrogen) atoms. The summed E-state index contributed by atoms with van der Waals surface area (Å²) in [6.45, 7) is 4.88. The first-order valence-corrected chi connectivity index (χ1v) is 9.90. The van der Waals surface area contributed by atoms with Gasteiger partial charge in [-0.2, -0.15) is 23.5 Å². The van der Waals surface area contributed by atoms with Crippen LogP contribution in [0.5, 0.6) is 0 Å². The molecule has 0 radical (unpaired) electrons. The van der Waals surface area contributed by atoms with Crippen molar-refractivity contribution in [3.05, 3.63) is 65.5 Å². The lowest BCUT2D eigenvalue weighted by atomic mass is 10.0. The zero-order valence-electron chi connectivity index (χ0n) is 16.9. The van der Waals surface area contributed by atoms with E-state index in [0.29, 0.717) is 31.0 Å². The lowest BCUT2D eigenvalue weighted by Gasteiger charge is -2.40. The van der Waals surface area contributed by atoms with Gasteiger partial charge in [0.25, 0.3) is 0 Å². The highest BCUT2D eigenvalue weighted by molar-refractivity contribution is 5.63. The summed E-state index contributed by atoms with van der Waals surface area (Å²) in [5, 5.41) is 16.2. The zero-order valence-corrected chi connectivity index (χ0v) is 16.9. The number of anilines is 1. The van der Waals surface area contributed by atoms with E-state index in [9.17, 15) is 13.2 Å². The summed E-state index contributed by atoms with van der Waals surface area (Å²) in [5.74, 6) is 0.557. The van der Waals surface area contributed by atoms with E-state index < -0.39 is 11.7 Å². The molecule has 1 atom stereocenters. The molecule has 3 heterocycles. The first kappa shape index (κ1) is 20.9. The van der Waals surface area contributed by atoms with E-state index in [4.69, 9.17) is 5.26 Å². The third-order valence-corrected chi connectivity index (χ3v) is 5.56. The van der Waals surface area contributed by atoms with Crippen LogP contribution in [-0.2, 0) is 12.7 Å². The molecule has 160 valence electrons. The lowest BCUT2D eigenvalue weighted by Crippen LogP contribution is -2.51. The van der Waals surface area contributed by atoms with Gasteiger partial charge in [0.2, 0.25) is 0 Å². The summed E-state index contributed by atoms with van der Waals surface area (Å²) in [5.41, 5.74) is 2.80. The standard InChI is InChI=1S/C22H21F3N6/c1-15-13-31(20-7-6-19(12-27-20)22(23,24)25)9-8-30(15)14-18-11-28-29-21(18)17-4-2-16(10-26)3-5-17/h2-7,11-12,15H,8-9,13-14H2,1H3,(H,28,29). The van der Waals surface area contributed by atoms with Crippen LogP contribution in [0, 0.1) is 11.3 Å². The molecule has 1 unspecified atom stereocenters. The first-order valence-electron chi connectivity index (χ1n) is 9.90. The minimum atomic E-state index is -4.38. The number of aromatic nitrogens is 3. The summed E-state index contributed by atoms with van der Waals surface area (Å²) in [6.07, 6.45) is -1.68. The molecule has 1 aliphatic heterocycles. The highest BCUT2D eigenvalue weighted by Crippen LogP contribution is 2.30. The van der Waals surface area contributed by atoms with Crippen molar-refractivity contribution >= 4 is 5.82 Å². The number of pyridine rings is 1. The third-order valence-electron chi connectivity index (χ3n) is 5.56. The number of nitrogens with one attached hydrogen (secondary N) is 1. The molecule has 1 fully saturated rings. The molecule has 4 rings (SSSR count). The molecule has 1 N–H and O–H groups in total. The van der Waals surface area contributed by atoms with Crippen LogP contribution in [0.15, 0.2) is 48.8 Å². The second kappa shape index (κ2) is 8.40. The lowest BCUT2D eigenvalue weighted by molar-refractivity contribution is -0.137. The highest BCUT2D eigenvalue weighted by Gasteiger charge is 2.31. The number of benzene rings is 1. The van der Waals surface area contributed by atoms with Gasteiger partial charge in [0.15, 0.2) is 0 Å². The van der Waals surface area contributed by atoms with Crippen molar-refractivity contribution in [3.63, 3.8) is 0 Å². The summed E-state index contributed by atoms with van der Waals surface area (Å²) in [7, 11) is 0. The molecule has 0 amide bonds. The maximum absolute atomic E-state index is 12.8. The SMILES string of the molecule is CC1CN(c2ccc(C(F)(F)F)cn2)CCN1Cc1cn[nH]c1-c1ccc(C#N)cc1. The molecule has 3 aromatic rings. The Kier molecular flexibility index (Phi) is 5.65. The van der Waals surface area contributed by atoms with E-state index in [2.05, 4.69) is 33.1 Å². The van der Waals surface area contributed by atoms with Gasteiger partial charge in [0.1, 0.15) is 5.82 Å². The summed E-state index contributed by atoms with van der Waals surface area (Å²) in [6, 6.07) is 12.2. The smallest absolute Gasteiger partial charge is 0.354 e. The van der Waals surface area contributed by atoms with Crippen molar-refractivity contribution in [1.82, 2.24) is 20.1 Å². The second-order valence-electron chi connectivity index (χ2n) is 7.63. The molecule has 0 saturated carbocycles. The van der Waals surface area contributed by atoms with Gasteiger partial charge in [0, 0.05) is 44.0 Å². The van der Waals surface area contributed by atoms with Crippen molar-refractivity contribution in [2.45, 2.75) is 25.7 Å². The van der Waals surface area contributed by atoms with Crippen LogP contribution in [-0.4, -0.2) is 45.8 Å². The normalized spacial score (nSPS) is 17.5. The van der Waals surface area contributed by atoms with E-state index in [1.165, 1.54) is 6.07 Å². The van der Waals surface area contributed by atoms with Gasteiger partial charge in [-0.3, -0.25) is 10.00 Å². The summed E-state index contributed by atoms with van der Waals surface area (Å²) >= 11 is 0. The van der Waals surface area contributed by atoms with Crippen molar-refractivity contribution in [2.75, 3.05) is 24.5 Å². The zero-order chi connectivity index (χ0) is 22.0. The van der Waals surface area contributed by atoms with Gasteiger partial charge in [-0.25, -0.2) is 4.98 Å². The van der Waals surface area contributed by atoms with Crippen LogP contribution in [0.4, 0.5) is 19.0 Å². The number of rotatable bonds is 4. The van der Waals surface area contributed by atoms with Gasteiger partial charge >= 0.3 is 6.18 Å². The average Bonchev–Trinajstić information content (AvgIpc) is 3.23. The number of halogens is 3. The minimum absolute atomic E-state index is 0.182. The van der Waals surface area contributed by atoms with Gasteiger partial charge in [-0.15, -0.1) is 0 Å². The molecule has 0 bridgehead atoms. The predicted octanol–water partition coefficient (Wildman–Crippen LogP) is 4.07. The number of nitrogens with zero attached hydrogens (tertiary/aromatic N) is 5. The quantitative estimate of drug-likeness (QED) is 0.681. The van der Waals surface area contributed by atoms with Gasteiger partial charge in [0.05, 0.1) is 29.1 Å². The molecule has 2 aromatic heterocycles. The number of H-pyrrole nitrogens is 1. The monoisotopic (exact) mass is 426 g/mol. The Morgan fingerprint density at radius 2 is 1.90 bits per heavy atom. The number of hydrogen-bond donors (Lipinski definition) is 1. The number of alkyl halides is 3. The third kappa shape index (κ3) is 4.54. The summed E-state index contributed by atoms with van der Waals surface area (Å²) < 4.78 is 38.3. The predicted molar refractivity (Wildman–Crippen MR) is 110 cm³/mol. The fourth-order valence-corrected chi connectivity index (χ4v) is 3.79. The number of hydrogen-bond acceptors (Lipinski definition) is 5. The molecule has 9 heteroatoms.